The number of thioether (sulfide) groups is 1. The quantitative estimate of drug-likeness (QED) is 0.742. The van der Waals surface area contributed by atoms with E-state index in [1.54, 1.807) is 6.07 Å². The molecule has 0 fully saturated rings. The molecule has 0 aliphatic carbocycles. The third-order valence-corrected chi connectivity index (χ3v) is 5.80. The Balaban J connectivity index is 2.03. The summed E-state index contributed by atoms with van der Waals surface area (Å²) in [6, 6.07) is 11.7. The number of allylic oxidation sites excluding steroid dienone is 1. The minimum atomic E-state index is -0.708. The molecule has 3 nitrogen and oxygen atoms in total. The molecule has 0 saturated carbocycles. The highest BCUT2D eigenvalue weighted by Gasteiger charge is 2.41. The number of halogens is 3. The molecule has 126 valence electrons. The first-order valence-electron chi connectivity index (χ1n) is 7.23. The number of Topliss-reactive ketones (excluding diaryl/α,β-unsaturated/α-hetero) is 1. The van der Waals surface area contributed by atoms with E-state index in [-0.39, 0.29) is 16.4 Å². The number of nitrogens with zero attached hydrogens (tertiary/aromatic N) is 1. The van der Waals surface area contributed by atoms with Gasteiger partial charge in [0.1, 0.15) is 11.6 Å². The van der Waals surface area contributed by atoms with Crippen LogP contribution in [0.5, 0.6) is 0 Å². The molecule has 3 rings (SSSR count). The molecule has 0 radical (unpaired) electrons. The summed E-state index contributed by atoms with van der Waals surface area (Å²) >= 11 is 4.16. The first-order chi connectivity index (χ1) is 11.9. The summed E-state index contributed by atoms with van der Waals surface area (Å²) in [7, 11) is 0. The summed E-state index contributed by atoms with van der Waals surface area (Å²) < 4.78 is 27.3. The second-order valence-corrected chi connectivity index (χ2v) is 7.49. The molecule has 1 aliphatic rings. The van der Waals surface area contributed by atoms with E-state index in [1.165, 1.54) is 36.4 Å². The van der Waals surface area contributed by atoms with Crippen LogP contribution in [0.1, 0.15) is 21.8 Å². The van der Waals surface area contributed by atoms with Crippen LogP contribution in [0.4, 0.5) is 8.78 Å². The van der Waals surface area contributed by atoms with Crippen molar-refractivity contribution >= 4 is 33.5 Å². The highest BCUT2D eigenvalue weighted by molar-refractivity contribution is 9.10. The van der Waals surface area contributed by atoms with E-state index in [4.69, 9.17) is 5.73 Å². The number of nitrogens with two attached hydrogens (primary N) is 1. The van der Waals surface area contributed by atoms with Crippen LogP contribution in [0.2, 0.25) is 0 Å². The van der Waals surface area contributed by atoms with E-state index >= 15 is 0 Å². The lowest BCUT2D eigenvalue weighted by molar-refractivity contribution is 0.0985. The highest BCUT2D eigenvalue weighted by Crippen LogP contribution is 2.47. The van der Waals surface area contributed by atoms with Crippen LogP contribution in [0.3, 0.4) is 0 Å². The molecule has 2 N–H and O–H groups in total. The Morgan fingerprint density at radius 1 is 1.20 bits per heavy atom. The van der Waals surface area contributed by atoms with Gasteiger partial charge in [-0.3, -0.25) is 4.79 Å². The molecule has 7 heteroatoms. The summed E-state index contributed by atoms with van der Waals surface area (Å²) in [6.07, 6.45) is 0. The smallest absolute Gasteiger partial charge is 0.177 e. The molecule has 0 aromatic heterocycles. The zero-order valence-electron chi connectivity index (χ0n) is 12.7. The predicted octanol–water partition coefficient (Wildman–Crippen LogP) is 4.50. The lowest BCUT2D eigenvalue weighted by Gasteiger charge is -2.19. The lowest BCUT2D eigenvalue weighted by Crippen LogP contribution is -2.23. The Labute approximate surface area is 155 Å². The lowest BCUT2D eigenvalue weighted by atomic mass is 9.86. The Morgan fingerprint density at radius 3 is 2.48 bits per heavy atom. The van der Waals surface area contributed by atoms with Gasteiger partial charge >= 0.3 is 0 Å². The van der Waals surface area contributed by atoms with Crippen molar-refractivity contribution in [3.05, 3.63) is 80.3 Å². The van der Waals surface area contributed by atoms with Crippen molar-refractivity contribution in [2.24, 2.45) is 5.73 Å². The van der Waals surface area contributed by atoms with E-state index in [0.29, 0.717) is 15.6 Å². The fourth-order valence-corrected chi connectivity index (χ4v) is 4.22. The standard InChI is InChI=1S/C18H11BrF2N2OS/c19-13-6-3-10(7-14(13)21)15-12(8-22)18(23)25-17(15)16(24)9-1-4-11(20)5-2-9/h1-7,15,17H,23H2. The van der Waals surface area contributed by atoms with Gasteiger partial charge in [0.15, 0.2) is 5.78 Å². The summed E-state index contributed by atoms with van der Waals surface area (Å²) in [4.78, 5) is 12.9. The first-order valence-corrected chi connectivity index (χ1v) is 8.90. The topological polar surface area (TPSA) is 66.9 Å². The number of hydrogen-bond donors (Lipinski definition) is 1. The van der Waals surface area contributed by atoms with Crippen LogP contribution in [-0.2, 0) is 0 Å². The molecular weight excluding hydrogens is 410 g/mol. The van der Waals surface area contributed by atoms with E-state index < -0.39 is 22.8 Å². The van der Waals surface area contributed by atoms with Gasteiger partial charge in [0.25, 0.3) is 0 Å². The molecule has 2 unspecified atom stereocenters. The van der Waals surface area contributed by atoms with E-state index in [2.05, 4.69) is 15.9 Å². The van der Waals surface area contributed by atoms with Crippen molar-refractivity contribution in [3.63, 3.8) is 0 Å². The van der Waals surface area contributed by atoms with Crippen LogP contribution in [0.15, 0.2) is 57.5 Å². The zero-order valence-corrected chi connectivity index (χ0v) is 15.1. The summed E-state index contributed by atoms with van der Waals surface area (Å²) in [5.74, 6) is -1.88. The van der Waals surface area contributed by atoms with Crippen LogP contribution < -0.4 is 5.73 Å². The van der Waals surface area contributed by atoms with E-state index in [0.717, 1.165) is 11.8 Å². The molecule has 0 amide bonds. The molecule has 2 atom stereocenters. The van der Waals surface area contributed by atoms with Gasteiger partial charge in [-0.15, -0.1) is 0 Å². The maximum atomic E-state index is 13.9. The molecule has 1 aliphatic heterocycles. The van der Waals surface area contributed by atoms with Gasteiger partial charge in [-0.25, -0.2) is 8.78 Å². The number of ketones is 1. The second-order valence-electron chi connectivity index (χ2n) is 5.45. The molecule has 25 heavy (non-hydrogen) atoms. The monoisotopic (exact) mass is 420 g/mol. The Hall–Kier alpha value is -2.17. The fraction of sp³-hybridized carbons (Fsp3) is 0.111. The summed E-state index contributed by atoms with van der Waals surface area (Å²) in [5, 5.41) is 8.97. The van der Waals surface area contributed by atoms with Gasteiger partial charge in [0, 0.05) is 11.5 Å². The van der Waals surface area contributed by atoms with Crippen molar-refractivity contribution in [3.8, 4) is 6.07 Å². The van der Waals surface area contributed by atoms with Gasteiger partial charge in [-0.1, -0.05) is 17.8 Å². The minimum Gasteiger partial charge on any atom is -0.393 e. The maximum Gasteiger partial charge on any atom is 0.177 e. The van der Waals surface area contributed by atoms with Crippen molar-refractivity contribution in [2.75, 3.05) is 0 Å². The van der Waals surface area contributed by atoms with Gasteiger partial charge in [0.2, 0.25) is 0 Å². The number of carbonyl (C=O) groups excluding carboxylic acids is 1. The zero-order chi connectivity index (χ0) is 18.1. The van der Waals surface area contributed by atoms with Gasteiger partial charge in [-0.2, -0.15) is 5.26 Å². The number of rotatable bonds is 3. The summed E-state index contributed by atoms with van der Waals surface area (Å²) in [5.41, 5.74) is 6.97. The normalized spacial score (nSPS) is 19.8. The van der Waals surface area contributed by atoms with E-state index in [1.807, 2.05) is 6.07 Å². The van der Waals surface area contributed by atoms with Crippen molar-refractivity contribution in [1.82, 2.24) is 0 Å². The van der Waals surface area contributed by atoms with Crippen LogP contribution in [0, 0.1) is 23.0 Å². The third kappa shape index (κ3) is 3.32. The SMILES string of the molecule is N#CC1=C(N)SC(C(=O)c2ccc(F)cc2)C1c1ccc(Br)c(F)c1. The Kier molecular flexibility index (Phi) is 4.93. The predicted molar refractivity (Wildman–Crippen MR) is 95.8 cm³/mol. The Bertz CT molecular complexity index is 922. The number of carbonyl (C=O) groups is 1. The van der Waals surface area contributed by atoms with Crippen LogP contribution in [0.25, 0.3) is 0 Å². The largest absolute Gasteiger partial charge is 0.393 e. The van der Waals surface area contributed by atoms with Crippen molar-refractivity contribution in [1.29, 1.82) is 5.26 Å². The van der Waals surface area contributed by atoms with Crippen molar-refractivity contribution < 1.29 is 13.6 Å². The van der Waals surface area contributed by atoms with Gasteiger partial charge < -0.3 is 5.73 Å². The first kappa shape index (κ1) is 17.6. The van der Waals surface area contributed by atoms with Crippen LogP contribution in [-0.4, -0.2) is 11.0 Å². The van der Waals surface area contributed by atoms with Gasteiger partial charge in [0.05, 0.1) is 26.4 Å². The second kappa shape index (κ2) is 6.98. The molecule has 2 aromatic carbocycles. The number of nitriles is 1. The average molecular weight is 421 g/mol. The molecule has 0 spiro atoms. The van der Waals surface area contributed by atoms with E-state index in [9.17, 15) is 18.8 Å². The molecular formula is C18H11BrF2N2OS. The minimum absolute atomic E-state index is 0.243. The number of hydrogen-bond acceptors (Lipinski definition) is 4. The molecule has 0 saturated heterocycles. The molecule has 2 aromatic rings. The van der Waals surface area contributed by atoms with Crippen molar-refractivity contribution in [2.45, 2.75) is 11.2 Å². The molecule has 1 heterocycles. The molecule has 0 bridgehead atoms. The van der Waals surface area contributed by atoms with Gasteiger partial charge in [-0.05, 0) is 57.9 Å². The number of benzene rings is 2. The maximum absolute atomic E-state index is 13.9. The highest BCUT2D eigenvalue weighted by atomic mass is 79.9. The fourth-order valence-electron chi connectivity index (χ4n) is 2.73. The summed E-state index contributed by atoms with van der Waals surface area (Å²) in [6.45, 7) is 0. The van der Waals surface area contributed by atoms with Crippen LogP contribution >= 0.6 is 27.7 Å². The third-order valence-electron chi connectivity index (χ3n) is 3.94. The Morgan fingerprint density at radius 2 is 1.88 bits per heavy atom. The average Bonchev–Trinajstić information content (AvgIpc) is 2.93.